The van der Waals surface area contributed by atoms with Crippen LogP contribution in [0.3, 0.4) is 0 Å². The molecule has 60 heavy (non-hydrogen) atoms. The van der Waals surface area contributed by atoms with Gasteiger partial charge in [-0.05, 0) is 59.3 Å². The standard InChI is InChI=1S/C56H35NO3/c1-2-38(19-11-17-37-18-12-24-44-42-23-8-10-29-50(42)58-53(37)44)57(49-28-14-30-51-52(49)47-34-32-36-16-4-6-21-40(36)55(47)59-51)48-27-9-7-22-41(48)43-25-13-26-45-46-33-31-35-15-3-5-20-39(35)54(46)60-56(43)45/h2-34H,1H2/b17-11+,38-19+. The highest BCUT2D eigenvalue weighted by Gasteiger charge is 2.24. The van der Waals surface area contributed by atoms with E-state index in [9.17, 15) is 0 Å². The first-order chi connectivity index (χ1) is 29.7. The van der Waals surface area contributed by atoms with Gasteiger partial charge in [0.05, 0.1) is 16.8 Å². The van der Waals surface area contributed by atoms with Crippen LogP contribution in [-0.2, 0) is 0 Å². The number of hydrogen-bond donors (Lipinski definition) is 0. The SMILES string of the molecule is C=C/C(=C\C=C\c1cccc2c1oc1ccccc12)N(c1ccccc1-c1cccc2c1oc1c3ccccc3ccc21)c1cccc2oc3c4ccccc4ccc3c12. The maximum Gasteiger partial charge on any atom is 0.143 e. The van der Waals surface area contributed by atoms with Crippen LogP contribution in [0.25, 0.3) is 105 Å². The molecule has 0 atom stereocenters. The maximum atomic E-state index is 6.92. The lowest BCUT2D eigenvalue weighted by atomic mass is 9.98. The topological polar surface area (TPSA) is 42.7 Å². The van der Waals surface area contributed by atoms with E-state index in [1.807, 2.05) is 24.3 Å². The molecular formula is C56H35NO3. The molecule has 0 unspecified atom stereocenters. The summed E-state index contributed by atoms with van der Waals surface area (Å²) >= 11 is 0. The third-order valence-electron chi connectivity index (χ3n) is 11.9. The largest absolute Gasteiger partial charge is 0.455 e. The van der Waals surface area contributed by atoms with Crippen molar-refractivity contribution in [2.24, 2.45) is 0 Å². The second-order valence-corrected chi connectivity index (χ2v) is 15.2. The van der Waals surface area contributed by atoms with Crippen LogP contribution in [0.2, 0.25) is 0 Å². The van der Waals surface area contributed by atoms with Gasteiger partial charge >= 0.3 is 0 Å². The number of nitrogens with zero attached hydrogens (tertiary/aromatic N) is 1. The minimum Gasteiger partial charge on any atom is -0.455 e. The third-order valence-corrected chi connectivity index (χ3v) is 11.9. The molecule has 0 fully saturated rings. The van der Waals surface area contributed by atoms with Gasteiger partial charge in [-0.1, -0.05) is 158 Å². The number of anilines is 2. The van der Waals surface area contributed by atoms with Gasteiger partial charge in [-0.15, -0.1) is 0 Å². The Kier molecular flexibility index (Phi) is 7.66. The predicted molar refractivity (Wildman–Crippen MR) is 251 cm³/mol. The van der Waals surface area contributed by atoms with Gasteiger partial charge in [0.15, 0.2) is 0 Å². The van der Waals surface area contributed by atoms with Crippen molar-refractivity contribution in [3.63, 3.8) is 0 Å². The molecule has 12 rings (SSSR count). The van der Waals surface area contributed by atoms with Crippen molar-refractivity contribution in [3.05, 3.63) is 212 Å². The number of fused-ring (bicyclic) bond motifs is 13. The van der Waals surface area contributed by atoms with E-state index in [1.165, 1.54) is 0 Å². The lowest BCUT2D eigenvalue weighted by molar-refractivity contribution is 0.668. The number of allylic oxidation sites excluding steroid dienone is 3. The Bertz CT molecular complexity index is 3760. The fourth-order valence-corrected chi connectivity index (χ4v) is 9.15. The zero-order chi connectivity index (χ0) is 39.7. The molecule has 0 saturated carbocycles. The molecule has 0 radical (unpaired) electrons. The van der Waals surface area contributed by atoms with Crippen molar-refractivity contribution in [2.75, 3.05) is 4.90 Å². The van der Waals surface area contributed by atoms with E-state index in [0.29, 0.717) is 0 Å². The van der Waals surface area contributed by atoms with E-state index < -0.39 is 0 Å². The van der Waals surface area contributed by atoms with Gasteiger partial charge in [0.2, 0.25) is 0 Å². The van der Waals surface area contributed by atoms with Crippen LogP contribution in [0.1, 0.15) is 5.56 Å². The van der Waals surface area contributed by atoms with Gasteiger partial charge in [-0.2, -0.15) is 0 Å². The van der Waals surface area contributed by atoms with E-state index in [1.54, 1.807) is 0 Å². The Morgan fingerprint density at radius 1 is 0.417 bits per heavy atom. The minimum atomic E-state index is 0.808. The molecule has 12 aromatic rings. The maximum absolute atomic E-state index is 6.92. The Morgan fingerprint density at radius 3 is 1.80 bits per heavy atom. The Labute approximate surface area is 344 Å². The van der Waals surface area contributed by atoms with Gasteiger partial charge in [-0.25, -0.2) is 0 Å². The molecule has 4 nitrogen and oxygen atoms in total. The van der Waals surface area contributed by atoms with Crippen molar-refractivity contribution in [1.82, 2.24) is 0 Å². The van der Waals surface area contributed by atoms with Crippen molar-refractivity contribution in [2.45, 2.75) is 0 Å². The van der Waals surface area contributed by atoms with Crippen LogP contribution in [0.4, 0.5) is 11.4 Å². The summed E-state index contributed by atoms with van der Waals surface area (Å²) in [6, 6.07) is 61.3. The lowest BCUT2D eigenvalue weighted by Gasteiger charge is -2.29. The average Bonchev–Trinajstić information content (AvgIpc) is 4.01. The Balaban J connectivity index is 1.10. The predicted octanol–water partition coefficient (Wildman–Crippen LogP) is 16.3. The number of hydrogen-bond acceptors (Lipinski definition) is 4. The van der Waals surface area contributed by atoms with Crippen molar-refractivity contribution >= 4 is 105 Å². The second kappa shape index (κ2) is 13.5. The summed E-state index contributed by atoms with van der Waals surface area (Å²) in [5.41, 5.74) is 11.0. The molecule has 282 valence electrons. The molecule has 0 bridgehead atoms. The van der Waals surface area contributed by atoms with Crippen molar-refractivity contribution in [3.8, 4) is 11.1 Å². The molecule has 3 heterocycles. The Morgan fingerprint density at radius 2 is 0.983 bits per heavy atom. The van der Waals surface area contributed by atoms with Crippen LogP contribution >= 0.6 is 0 Å². The molecule has 3 aromatic heterocycles. The van der Waals surface area contributed by atoms with Crippen LogP contribution < -0.4 is 4.90 Å². The molecule has 0 saturated heterocycles. The zero-order valence-corrected chi connectivity index (χ0v) is 32.4. The lowest BCUT2D eigenvalue weighted by Crippen LogP contribution is -2.16. The van der Waals surface area contributed by atoms with Crippen LogP contribution in [0, 0.1) is 0 Å². The molecule has 0 aliphatic heterocycles. The van der Waals surface area contributed by atoms with Gasteiger partial charge < -0.3 is 18.2 Å². The van der Waals surface area contributed by atoms with E-state index in [2.05, 4.69) is 187 Å². The normalized spacial score (nSPS) is 12.4. The second-order valence-electron chi connectivity index (χ2n) is 15.2. The summed E-state index contributed by atoms with van der Waals surface area (Å²) in [6.07, 6.45) is 8.24. The van der Waals surface area contributed by atoms with Crippen LogP contribution in [0.15, 0.2) is 220 Å². The number of benzene rings is 9. The first-order valence-corrected chi connectivity index (χ1v) is 20.2. The van der Waals surface area contributed by atoms with Gasteiger partial charge in [-0.3, -0.25) is 0 Å². The highest BCUT2D eigenvalue weighted by atomic mass is 16.3. The van der Waals surface area contributed by atoms with Crippen LogP contribution in [-0.4, -0.2) is 0 Å². The monoisotopic (exact) mass is 769 g/mol. The van der Waals surface area contributed by atoms with Crippen molar-refractivity contribution < 1.29 is 13.3 Å². The molecule has 0 aliphatic carbocycles. The molecule has 0 aliphatic rings. The number of para-hydroxylation sites is 4. The first kappa shape index (κ1) is 34.0. The quantitative estimate of drug-likeness (QED) is 0.151. The molecule has 0 N–H and O–H groups in total. The highest BCUT2D eigenvalue weighted by molar-refractivity contribution is 6.21. The van der Waals surface area contributed by atoms with Gasteiger partial charge in [0, 0.05) is 60.1 Å². The summed E-state index contributed by atoms with van der Waals surface area (Å²) in [5, 5.41) is 10.9. The molecule has 0 spiro atoms. The van der Waals surface area contributed by atoms with E-state index in [0.717, 1.165) is 121 Å². The summed E-state index contributed by atoms with van der Waals surface area (Å²) in [4.78, 5) is 2.30. The molecular weight excluding hydrogens is 735 g/mol. The first-order valence-electron chi connectivity index (χ1n) is 20.2. The zero-order valence-electron chi connectivity index (χ0n) is 32.4. The fourth-order valence-electron chi connectivity index (χ4n) is 9.15. The summed E-state index contributed by atoms with van der Waals surface area (Å²) in [7, 11) is 0. The van der Waals surface area contributed by atoms with Crippen molar-refractivity contribution in [1.29, 1.82) is 0 Å². The van der Waals surface area contributed by atoms with Gasteiger partial charge in [0.25, 0.3) is 0 Å². The number of furan rings is 3. The summed E-state index contributed by atoms with van der Waals surface area (Å²) in [5.74, 6) is 0. The minimum absolute atomic E-state index is 0.808. The van der Waals surface area contributed by atoms with Crippen LogP contribution in [0.5, 0.6) is 0 Å². The van der Waals surface area contributed by atoms with E-state index in [-0.39, 0.29) is 0 Å². The molecule has 0 amide bonds. The fraction of sp³-hybridized carbons (Fsp3) is 0. The summed E-state index contributed by atoms with van der Waals surface area (Å²) < 4.78 is 20.0. The van der Waals surface area contributed by atoms with Gasteiger partial charge in [0.1, 0.15) is 33.5 Å². The van der Waals surface area contributed by atoms with E-state index >= 15 is 0 Å². The third kappa shape index (κ3) is 5.18. The number of rotatable bonds is 7. The summed E-state index contributed by atoms with van der Waals surface area (Å²) in [6.45, 7) is 4.41. The highest BCUT2D eigenvalue weighted by Crippen LogP contribution is 2.47. The molecule has 9 aromatic carbocycles. The van der Waals surface area contributed by atoms with E-state index in [4.69, 9.17) is 13.3 Å². The average molecular weight is 770 g/mol. The smallest absolute Gasteiger partial charge is 0.143 e. The Hall–Kier alpha value is -8.08. The molecule has 4 heteroatoms.